The van der Waals surface area contributed by atoms with E-state index in [0.717, 1.165) is 34.2 Å². The number of carbonyl (C=O) groups excluding carboxylic acids is 3. The lowest BCUT2D eigenvalue weighted by Crippen LogP contribution is -2.36. The van der Waals surface area contributed by atoms with E-state index in [2.05, 4.69) is 5.32 Å². The summed E-state index contributed by atoms with van der Waals surface area (Å²) in [5.74, 6) is 1.72. The lowest BCUT2D eigenvalue weighted by molar-refractivity contribution is -0.123. The Morgan fingerprint density at radius 2 is 1.92 bits per heavy atom. The molecule has 0 aromatic heterocycles. The molecule has 0 spiro atoms. The SMILES string of the molecule is CCCOc1ccc(/C=C/C(=O)NCCN2C(=O)S/C(=C\c3ccc4c(c3)OCO4)C2=O)cc1OC. The second kappa shape index (κ2) is 11.7. The van der Waals surface area contributed by atoms with Crippen LogP contribution >= 0.6 is 11.8 Å². The molecule has 0 unspecified atom stereocenters. The number of benzene rings is 2. The largest absolute Gasteiger partial charge is 0.493 e. The topological polar surface area (TPSA) is 103 Å². The number of nitrogens with zero attached hydrogens (tertiary/aromatic N) is 1. The second-order valence-corrected chi connectivity index (χ2v) is 8.82. The summed E-state index contributed by atoms with van der Waals surface area (Å²) >= 11 is 0.863. The Hall–Kier alpha value is -3.92. The number of hydrogen-bond acceptors (Lipinski definition) is 8. The number of hydrogen-bond donors (Lipinski definition) is 1. The molecule has 36 heavy (non-hydrogen) atoms. The molecule has 3 amide bonds. The van der Waals surface area contributed by atoms with Crippen molar-refractivity contribution in [2.45, 2.75) is 13.3 Å². The van der Waals surface area contributed by atoms with Gasteiger partial charge in [0.25, 0.3) is 11.1 Å². The molecule has 0 saturated carbocycles. The smallest absolute Gasteiger partial charge is 0.293 e. The molecule has 10 heteroatoms. The fraction of sp³-hybridized carbons (Fsp3) is 0.269. The molecule has 2 aromatic rings. The highest BCUT2D eigenvalue weighted by atomic mass is 32.2. The third-order valence-electron chi connectivity index (χ3n) is 5.28. The lowest BCUT2D eigenvalue weighted by atomic mass is 10.2. The molecular formula is C26H26N2O7S. The highest BCUT2D eigenvalue weighted by Crippen LogP contribution is 2.36. The van der Waals surface area contributed by atoms with Crippen molar-refractivity contribution in [3.05, 3.63) is 58.5 Å². The molecule has 1 saturated heterocycles. The van der Waals surface area contributed by atoms with Gasteiger partial charge in [-0.05, 0) is 65.7 Å². The van der Waals surface area contributed by atoms with Gasteiger partial charge in [-0.1, -0.05) is 19.1 Å². The van der Waals surface area contributed by atoms with Gasteiger partial charge in [-0.25, -0.2) is 0 Å². The minimum Gasteiger partial charge on any atom is -0.493 e. The third kappa shape index (κ3) is 6.01. The van der Waals surface area contributed by atoms with Crippen LogP contribution in [0.1, 0.15) is 24.5 Å². The summed E-state index contributed by atoms with van der Waals surface area (Å²) in [5.41, 5.74) is 1.50. The molecule has 188 valence electrons. The number of ether oxygens (including phenoxy) is 4. The van der Waals surface area contributed by atoms with Crippen LogP contribution in [-0.4, -0.2) is 55.6 Å². The van der Waals surface area contributed by atoms with Crippen LogP contribution in [0.2, 0.25) is 0 Å². The molecule has 2 aromatic carbocycles. The lowest BCUT2D eigenvalue weighted by Gasteiger charge is -2.12. The third-order valence-corrected chi connectivity index (χ3v) is 6.19. The van der Waals surface area contributed by atoms with E-state index in [1.165, 1.54) is 6.08 Å². The maximum absolute atomic E-state index is 12.7. The van der Waals surface area contributed by atoms with E-state index in [-0.39, 0.29) is 31.0 Å². The van der Waals surface area contributed by atoms with Crippen molar-refractivity contribution in [1.29, 1.82) is 0 Å². The van der Waals surface area contributed by atoms with Crippen LogP contribution in [0, 0.1) is 0 Å². The van der Waals surface area contributed by atoms with Crippen LogP contribution in [0.4, 0.5) is 4.79 Å². The summed E-state index contributed by atoms with van der Waals surface area (Å²) in [6, 6.07) is 10.7. The molecule has 2 heterocycles. The maximum atomic E-state index is 12.7. The first-order valence-electron chi connectivity index (χ1n) is 11.4. The van der Waals surface area contributed by atoms with Gasteiger partial charge in [0.05, 0.1) is 18.6 Å². The van der Waals surface area contributed by atoms with E-state index < -0.39 is 5.91 Å². The molecule has 2 aliphatic rings. The molecule has 4 rings (SSSR count). The molecule has 1 N–H and O–H groups in total. The first-order valence-corrected chi connectivity index (χ1v) is 12.2. The van der Waals surface area contributed by atoms with E-state index in [9.17, 15) is 14.4 Å². The second-order valence-electron chi connectivity index (χ2n) is 7.83. The standard InChI is InChI=1S/C26H26N2O7S/c1-3-12-33-19-7-4-17(13-21(19)32-2)6-9-24(29)27-10-11-28-25(30)23(36-26(28)31)15-18-5-8-20-22(14-18)35-16-34-20/h4-9,13-15H,3,10-12,16H2,1-2H3,(H,27,29)/b9-6+,23-15-. The van der Waals surface area contributed by atoms with Gasteiger partial charge in [0.2, 0.25) is 12.7 Å². The molecule has 0 atom stereocenters. The summed E-state index contributed by atoms with van der Waals surface area (Å²) in [4.78, 5) is 38.7. The number of carbonyl (C=O) groups is 3. The predicted octanol–water partition coefficient (Wildman–Crippen LogP) is 4.08. The van der Waals surface area contributed by atoms with E-state index >= 15 is 0 Å². The Bertz CT molecular complexity index is 1220. The first-order chi connectivity index (χ1) is 17.5. The van der Waals surface area contributed by atoms with Gasteiger partial charge in [-0.15, -0.1) is 0 Å². The van der Waals surface area contributed by atoms with Crippen LogP contribution in [-0.2, 0) is 9.59 Å². The number of thioether (sulfide) groups is 1. The average molecular weight is 511 g/mol. The van der Waals surface area contributed by atoms with Gasteiger partial charge in [-0.3, -0.25) is 19.3 Å². The number of imide groups is 1. The van der Waals surface area contributed by atoms with Crippen molar-refractivity contribution in [2.24, 2.45) is 0 Å². The molecule has 0 aliphatic carbocycles. The van der Waals surface area contributed by atoms with Crippen molar-refractivity contribution in [3.63, 3.8) is 0 Å². The number of nitrogens with one attached hydrogen (secondary N) is 1. The summed E-state index contributed by atoms with van der Waals surface area (Å²) < 4.78 is 21.6. The average Bonchev–Trinajstić information content (AvgIpc) is 3.45. The van der Waals surface area contributed by atoms with Crippen molar-refractivity contribution in [1.82, 2.24) is 10.2 Å². The van der Waals surface area contributed by atoms with E-state index in [1.807, 2.05) is 13.0 Å². The minimum absolute atomic E-state index is 0.0695. The fourth-order valence-electron chi connectivity index (χ4n) is 3.49. The molecular weight excluding hydrogens is 484 g/mol. The van der Waals surface area contributed by atoms with E-state index in [1.54, 1.807) is 49.6 Å². The van der Waals surface area contributed by atoms with Gasteiger partial charge >= 0.3 is 0 Å². The molecule has 2 aliphatic heterocycles. The van der Waals surface area contributed by atoms with Crippen LogP contribution < -0.4 is 24.3 Å². The van der Waals surface area contributed by atoms with Crippen LogP contribution in [0.15, 0.2) is 47.4 Å². The maximum Gasteiger partial charge on any atom is 0.293 e. The Balaban J connectivity index is 1.29. The van der Waals surface area contributed by atoms with Gasteiger partial charge in [0.1, 0.15) is 0 Å². The number of methoxy groups -OCH3 is 1. The van der Waals surface area contributed by atoms with Crippen LogP contribution in [0.5, 0.6) is 23.0 Å². The monoisotopic (exact) mass is 510 g/mol. The zero-order chi connectivity index (χ0) is 25.5. The Kier molecular flexibility index (Phi) is 8.17. The fourth-order valence-corrected chi connectivity index (χ4v) is 4.35. The molecule has 0 bridgehead atoms. The molecule has 0 radical (unpaired) electrons. The van der Waals surface area contributed by atoms with Gasteiger partial charge in [0.15, 0.2) is 23.0 Å². The zero-order valence-electron chi connectivity index (χ0n) is 19.9. The molecule has 9 nitrogen and oxygen atoms in total. The number of fused-ring (bicyclic) bond motifs is 1. The van der Waals surface area contributed by atoms with Crippen molar-refractivity contribution < 1.29 is 33.3 Å². The van der Waals surface area contributed by atoms with Gasteiger partial charge in [0, 0.05) is 19.2 Å². The normalized spacial score (nSPS) is 15.7. The number of rotatable bonds is 10. The van der Waals surface area contributed by atoms with Gasteiger partial charge in [-0.2, -0.15) is 0 Å². The highest BCUT2D eigenvalue weighted by molar-refractivity contribution is 8.18. The Labute approximate surface area is 213 Å². The summed E-state index contributed by atoms with van der Waals surface area (Å²) in [7, 11) is 1.56. The Morgan fingerprint density at radius 3 is 2.72 bits per heavy atom. The zero-order valence-corrected chi connectivity index (χ0v) is 20.8. The summed E-state index contributed by atoms with van der Waals surface area (Å²) in [5, 5.41) is 2.31. The summed E-state index contributed by atoms with van der Waals surface area (Å²) in [6.45, 7) is 2.97. The van der Waals surface area contributed by atoms with Crippen LogP contribution in [0.25, 0.3) is 12.2 Å². The first kappa shape index (κ1) is 25.2. The van der Waals surface area contributed by atoms with Crippen molar-refractivity contribution in [3.8, 4) is 23.0 Å². The van der Waals surface area contributed by atoms with Gasteiger partial charge < -0.3 is 24.3 Å². The Morgan fingerprint density at radius 1 is 1.11 bits per heavy atom. The quantitative estimate of drug-likeness (QED) is 0.477. The summed E-state index contributed by atoms with van der Waals surface area (Å²) in [6.07, 6.45) is 5.56. The van der Waals surface area contributed by atoms with E-state index in [0.29, 0.717) is 34.5 Å². The number of amides is 3. The predicted molar refractivity (Wildman–Crippen MR) is 136 cm³/mol. The highest BCUT2D eigenvalue weighted by Gasteiger charge is 2.34. The minimum atomic E-state index is -0.398. The van der Waals surface area contributed by atoms with Crippen molar-refractivity contribution in [2.75, 3.05) is 33.6 Å². The molecule has 1 fully saturated rings. The van der Waals surface area contributed by atoms with Crippen LogP contribution in [0.3, 0.4) is 0 Å². The van der Waals surface area contributed by atoms with Crippen molar-refractivity contribution >= 4 is 41.0 Å². The van der Waals surface area contributed by atoms with E-state index in [4.69, 9.17) is 18.9 Å².